The Kier molecular flexibility index (Phi) is 29.3. The van der Waals surface area contributed by atoms with E-state index in [0.717, 1.165) is 17.3 Å². The van der Waals surface area contributed by atoms with E-state index in [1.807, 2.05) is 52.0 Å². The van der Waals surface area contributed by atoms with Crippen LogP contribution in [0.2, 0.25) is 0 Å². The van der Waals surface area contributed by atoms with E-state index < -0.39 is 126 Å². The lowest BCUT2D eigenvalue weighted by Gasteiger charge is -2.30. The van der Waals surface area contributed by atoms with Crippen LogP contribution in [0, 0.1) is 23.7 Å². The molecular weight excluding hydrogens is 1190 g/mol. The first-order valence-corrected chi connectivity index (χ1v) is 32.6. The molecule has 4 heterocycles. The third-order valence-electron chi connectivity index (χ3n) is 16.9. The average Bonchev–Trinajstić information content (AvgIpc) is 2.01. The maximum atomic E-state index is 15.0. The lowest BCUT2D eigenvalue weighted by atomic mass is 9.87. The van der Waals surface area contributed by atoms with E-state index in [-0.39, 0.29) is 113 Å². The molecule has 26 nitrogen and oxygen atoms in total. The summed E-state index contributed by atoms with van der Waals surface area (Å²) in [5.74, 6) is -9.44. The number of unbranched alkanes of at least 4 members (excludes halogenated alkanes) is 2. The number of aromatic amines is 2. The number of para-hydroxylation sites is 1. The minimum Gasteiger partial charge on any atom is -0.394 e. The van der Waals surface area contributed by atoms with Gasteiger partial charge in [-0.2, -0.15) is 0 Å². The minimum absolute atomic E-state index is 0.00516. The van der Waals surface area contributed by atoms with Crippen LogP contribution in [0.15, 0.2) is 78.3 Å². The maximum Gasteiger partial charge on any atom is 0.245 e. The lowest BCUT2D eigenvalue weighted by Crippen LogP contribution is -2.54. The number of ketones is 4. The highest BCUT2D eigenvalue weighted by Crippen LogP contribution is 2.26. The number of Topliss-reactive ketones (excluding diaryl/α,β-unsaturated/α-hetero) is 4. The highest BCUT2D eigenvalue weighted by molar-refractivity contribution is 5.99. The molecule has 0 aliphatic carbocycles. The molecule has 2 aliphatic heterocycles. The van der Waals surface area contributed by atoms with Gasteiger partial charge in [0.15, 0.2) is 23.3 Å². The number of guanidine groups is 1. The average molecular weight is 1290 g/mol. The van der Waals surface area contributed by atoms with Crippen molar-refractivity contribution >= 4 is 81.3 Å². The van der Waals surface area contributed by atoms with Gasteiger partial charge in [0.2, 0.25) is 41.4 Å². The second-order valence-electron chi connectivity index (χ2n) is 25.4. The molecule has 2 aromatic heterocycles. The maximum absolute atomic E-state index is 15.0. The van der Waals surface area contributed by atoms with Crippen molar-refractivity contribution in [2.24, 2.45) is 40.1 Å². The second kappa shape index (κ2) is 37.1. The first kappa shape index (κ1) is 73.4. The molecule has 2 saturated heterocycles. The first-order valence-electron chi connectivity index (χ1n) is 32.6. The lowest BCUT2D eigenvalue weighted by molar-refractivity contribution is -0.142. The molecule has 2 aliphatic rings. The Bertz CT molecular complexity index is 3200. The number of amides is 7. The summed E-state index contributed by atoms with van der Waals surface area (Å²) in [7, 11) is 0. The number of aromatic nitrogens is 3. The number of rotatable bonds is 41. The number of nitrogens with one attached hydrogen (secondary N) is 9. The Morgan fingerprint density at radius 3 is 2.01 bits per heavy atom. The van der Waals surface area contributed by atoms with Crippen molar-refractivity contribution in [3.05, 3.63) is 90.1 Å². The molecule has 2 aromatic carbocycles. The molecule has 0 bridgehead atoms. The molecule has 26 heteroatoms. The van der Waals surface area contributed by atoms with E-state index in [2.05, 4.69) is 57.2 Å². The summed E-state index contributed by atoms with van der Waals surface area (Å²) in [6.45, 7) is 9.17. The molecule has 9 atom stereocenters. The van der Waals surface area contributed by atoms with Gasteiger partial charge in [-0.3, -0.25) is 57.7 Å². The van der Waals surface area contributed by atoms with Crippen molar-refractivity contribution in [2.45, 2.75) is 186 Å². The monoisotopic (exact) mass is 1290 g/mol. The minimum atomic E-state index is -1.56. The van der Waals surface area contributed by atoms with Crippen molar-refractivity contribution in [2.75, 3.05) is 32.8 Å². The quantitative estimate of drug-likeness (QED) is 0.0172. The molecule has 7 amide bonds. The number of likely N-dealkylation sites (tertiary alicyclic amines) is 1. The Labute approximate surface area is 543 Å². The van der Waals surface area contributed by atoms with E-state index in [0.29, 0.717) is 49.0 Å². The van der Waals surface area contributed by atoms with Crippen LogP contribution in [-0.4, -0.2) is 170 Å². The topological polar surface area (TPSA) is 404 Å². The predicted molar refractivity (Wildman–Crippen MR) is 349 cm³/mol. The Hall–Kier alpha value is -8.65. The van der Waals surface area contributed by atoms with Gasteiger partial charge in [-0.25, -0.2) is 4.98 Å². The Morgan fingerprint density at radius 2 is 1.35 bits per heavy atom. The van der Waals surface area contributed by atoms with Gasteiger partial charge < -0.3 is 68.7 Å². The fourth-order valence-corrected chi connectivity index (χ4v) is 12.0. The smallest absolute Gasteiger partial charge is 0.245 e. The summed E-state index contributed by atoms with van der Waals surface area (Å²) in [4.78, 5) is 169. The number of nitrogens with two attached hydrogens (primary N) is 2. The first-order chi connectivity index (χ1) is 44.5. The van der Waals surface area contributed by atoms with Gasteiger partial charge in [-0.1, -0.05) is 89.1 Å². The molecule has 0 spiro atoms. The van der Waals surface area contributed by atoms with Crippen LogP contribution in [0.1, 0.15) is 141 Å². The van der Waals surface area contributed by atoms with E-state index in [4.69, 9.17) is 11.5 Å². The number of aliphatic hydroxyl groups excluding tert-OH is 1. The number of aliphatic hydroxyl groups is 1. The normalized spacial score (nSPS) is 16.9. The Balaban J connectivity index is 1.24. The van der Waals surface area contributed by atoms with Gasteiger partial charge in [-0.05, 0) is 101 Å². The molecule has 2 fully saturated rings. The zero-order valence-electron chi connectivity index (χ0n) is 54.3. The van der Waals surface area contributed by atoms with Crippen LogP contribution >= 0.6 is 0 Å². The standard InChI is InChI=1S/C67H96N14O12/c1-40(2)28-44(61(88)78-53(21-14-26-72-67(68)69)66(93)81-27-15-22-56(81)65(92)74-35-42(5)83)31-57(84)51(20-10-7-13-25-71-41(3)4)77-62(89)45(29-43-16-8-6-9-17-43)32-59(86)55(38-82)80-63(90)46(30-47-36-73-50-19-12-11-18-49(47)50)33-58(85)54(34-48-37-70-39-75-48)79-64(91)52-23-24-60(87)76-52/h6,8-9,11-12,16-19,36-37,39-41,44-46,51-56,71,73,82H,7,10,13-15,20-35,38H2,1-5H3,(H,70,75)(H,74,92)(H,76,87)(H,77,89)(H,78,88)(H,79,91)(H,80,90)(H4,68,69,72)/t44-,45-,46-,51-,52+,53+,54+,55+,56+/m1/s1. The fraction of sp³-hybridized carbons (Fsp3) is 0.567. The van der Waals surface area contributed by atoms with Crippen LogP contribution in [0.4, 0.5) is 0 Å². The number of nitrogens with zero attached hydrogens (tertiary/aromatic N) is 3. The number of carbonyl (C=O) groups excluding carboxylic acids is 11. The number of hydrogen-bond acceptors (Lipinski definition) is 15. The summed E-state index contributed by atoms with van der Waals surface area (Å²) in [5, 5.41) is 31.7. The highest BCUT2D eigenvalue weighted by atomic mass is 16.3. The van der Waals surface area contributed by atoms with Crippen molar-refractivity contribution in [1.29, 1.82) is 0 Å². The largest absolute Gasteiger partial charge is 0.394 e. The molecule has 6 rings (SSSR count). The van der Waals surface area contributed by atoms with Gasteiger partial charge in [0, 0.05) is 98.0 Å². The molecular formula is C67H96N14O12. The summed E-state index contributed by atoms with van der Waals surface area (Å²) < 4.78 is 0. The molecule has 4 aromatic rings. The van der Waals surface area contributed by atoms with Crippen LogP contribution in [-0.2, 0) is 72.0 Å². The number of aliphatic imine (C=N–C) groups is 1. The van der Waals surface area contributed by atoms with Crippen molar-refractivity contribution in [3.63, 3.8) is 0 Å². The molecule has 0 unspecified atom stereocenters. The van der Waals surface area contributed by atoms with Crippen LogP contribution < -0.4 is 48.7 Å². The van der Waals surface area contributed by atoms with E-state index in [1.54, 1.807) is 36.5 Å². The number of imidazole rings is 1. The Morgan fingerprint density at radius 1 is 0.710 bits per heavy atom. The molecule has 506 valence electrons. The third kappa shape index (κ3) is 23.8. The zero-order chi connectivity index (χ0) is 67.6. The highest BCUT2D eigenvalue weighted by Gasteiger charge is 2.40. The van der Waals surface area contributed by atoms with Crippen LogP contribution in [0.25, 0.3) is 10.9 Å². The van der Waals surface area contributed by atoms with Gasteiger partial charge in [-0.15, -0.1) is 0 Å². The van der Waals surface area contributed by atoms with Gasteiger partial charge in [0.1, 0.15) is 30.0 Å². The zero-order valence-corrected chi connectivity index (χ0v) is 54.3. The van der Waals surface area contributed by atoms with Crippen LogP contribution in [0.5, 0.6) is 0 Å². The van der Waals surface area contributed by atoms with Crippen LogP contribution in [0.3, 0.4) is 0 Å². The molecule has 0 saturated carbocycles. The van der Waals surface area contributed by atoms with E-state index in [1.165, 1.54) is 24.3 Å². The summed E-state index contributed by atoms with van der Waals surface area (Å²) in [6.07, 6.45) is 7.25. The van der Waals surface area contributed by atoms with E-state index in [9.17, 15) is 53.1 Å². The fourth-order valence-electron chi connectivity index (χ4n) is 12.0. The number of fused-ring (bicyclic) bond motifs is 1. The number of carbonyl (C=O) groups is 11. The van der Waals surface area contributed by atoms with Crippen molar-refractivity contribution in [3.8, 4) is 0 Å². The summed E-state index contributed by atoms with van der Waals surface area (Å²) in [5.41, 5.74) is 13.8. The summed E-state index contributed by atoms with van der Waals surface area (Å²) in [6, 6.07) is 9.75. The SMILES string of the molecule is CC(=O)CNC(=O)[C@@H]1CCCN1C(=O)[C@H](CCCN=C(N)N)NC(=O)[C@@H](CC(=O)[C@@H](CCCCCNC(C)C)NC(=O)[C@@H](CC(=O)[C@H](CO)NC(=O)[C@@H](CC(=O)[C@H](Cc1cnc[nH]1)NC(=O)[C@@H]1CCC(=O)N1)Cc1c[nH]c2ccccc12)Cc1ccccc1)CC(C)C. The van der Waals surface area contributed by atoms with Gasteiger partial charge in [0.05, 0.1) is 31.6 Å². The van der Waals surface area contributed by atoms with E-state index >= 15 is 4.79 Å². The van der Waals surface area contributed by atoms with Crippen molar-refractivity contribution in [1.82, 2.24) is 57.1 Å². The summed E-state index contributed by atoms with van der Waals surface area (Å²) >= 11 is 0. The predicted octanol–water partition coefficient (Wildman–Crippen LogP) is 2.21. The third-order valence-corrected chi connectivity index (χ3v) is 16.9. The van der Waals surface area contributed by atoms with Gasteiger partial charge >= 0.3 is 0 Å². The molecule has 0 radical (unpaired) electrons. The molecule has 14 N–H and O–H groups in total. The molecule has 93 heavy (non-hydrogen) atoms. The van der Waals surface area contributed by atoms with Gasteiger partial charge in [0.25, 0.3) is 0 Å². The number of H-pyrrole nitrogens is 2. The van der Waals surface area contributed by atoms with Crippen molar-refractivity contribution < 1.29 is 57.8 Å². The number of hydrogen-bond donors (Lipinski definition) is 12. The second-order valence-corrected chi connectivity index (χ2v) is 25.4. The number of benzene rings is 2.